The molecule has 2 heterocycles. The van der Waals surface area contributed by atoms with E-state index in [2.05, 4.69) is 36.4 Å². The second-order valence-electron chi connectivity index (χ2n) is 6.42. The zero-order valence-corrected chi connectivity index (χ0v) is 17.7. The van der Waals surface area contributed by atoms with Crippen molar-refractivity contribution in [3.63, 3.8) is 0 Å². The van der Waals surface area contributed by atoms with Crippen LogP contribution in [0.25, 0.3) is 11.4 Å². The first-order valence-electron chi connectivity index (χ1n) is 9.31. The number of amides is 1. The minimum Gasteiger partial charge on any atom is -0.439 e. The zero-order valence-electron chi connectivity index (χ0n) is 16.1. The highest BCUT2D eigenvalue weighted by atomic mass is 79.9. The molecule has 0 spiro atoms. The topological polar surface area (TPSA) is 81.9 Å². The summed E-state index contributed by atoms with van der Waals surface area (Å²) in [4.78, 5) is 16.8. The number of rotatable bonds is 6. The van der Waals surface area contributed by atoms with E-state index in [1.807, 2.05) is 60.0 Å². The van der Waals surface area contributed by atoms with E-state index in [1.165, 1.54) is 6.20 Å². The van der Waals surface area contributed by atoms with E-state index in [0.717, 1.165) is 22.4 Å². The van der Waals surface area contributed by atoms with Crippen LogP contribution in [0.5, 0.6) is 11.6 Å². The van der Waals surface area contributed by atoms with Gasteiger partial charge < -0.3 is 14.6 Å². The molecule has 0 fully saturated rings. The van der Waals surface area contributed by atoms with Crippen LogP contribution < -0.4 is 10.1 Å². The largest absolute Gasteiger partial charge is 0.439 e. The third kappa shape index (κ3) is 4.55. The SMILES string of the molecule is CCn1cnnc1-c1cccc(NC(=O)c2ccc(Oc3cccc(Br)c3)nc2)c1. The summed E-state index contributed by atoms with van der Waals surface area (Å²) in [5.74, 6) is 1.56. The summed E-state index contributed by atoms with van der Waals surface area (Å²) in [6, 6.07) is 18.3. The Labute approximate surface area is 181 Å². The molecule has 30 heavy (non-hydrogen) atoms. The molecule has 0 saturated carbocycles. The van der Waals surface area contributed by atoms with Gasteiger partial charge in [0.15, 0.2) is 5.82 Å². The Hall–Kier alpha value is -3.52. The van der Waals surface area contributed by atoms with Gasteiger partial charge in [0.05, 0.1) is 5.56 Å². The summed E-state index contributed by atoms with van der Waals surface area (Å²) in [7, 11) is 0. The van der Waals surface area contributed by atoms with Gasteiger partial charge >= 0.3 is 0 Å². The van der Waals surface area contributed by atoms with Crippen LogP contribution in [0.15, 0.2) is 77.7 Å². The molecule has 0 saturated heterocycles. The Morgan fingerprint density at radius 3 is 2.77 bits per heavy atom. The number of nitrogens with zero attached hydrogens (tertiary/aromatic N) is 4. The van der Waals surface area contributed by atoms with Gasteiger partial charge in [0.2, 0.25) is 5.88 Å². The van der Waals surface area contributed by atoms with Crippen molar-refractivity contribution in [1.82, 2.24) is 19.7 Å². The first kappa shape index (κ1) is 19.8. The molecule has 1 amide bonds. The number of aryl methyl sites for hydroxylation is 1. The van der Waals surface area contributed by atoms with Crippen molar-refractivity contribution in [1.29, 1.82) is 0 Å². The van der Waals surface area contributed by atoms with Gasteiger partial charge in [-0.1, -0.05) is 34.1 Å². The van der Waals surface area contributed by atoms with E-state index in [-0.39, 0.29) is 5.91 Å². The van der Waals surface area contributed by atoms with Crippen molar-refractivity contribution < 1.29 is 9.53 Å². The third-order valence-corrected chi connectivity index (χ3v) is 4.85. The monoisotopic (exact) mass is 463 g/mol. The lowest BCUT2D eigenvalue weighted by Crippen LogP contribution is -2.12. The molecule has 0 bridgehead atoms. The number of benzene rings is 2. The third-order valence-electron chi connectivity index (χ3n) is 4.35. The van der Waals surface area contributed by atoms with Gasteiger partial charge in [0, 0.05) is 34.5 Å². The molecule has 0 aliphatic heterocycles. The summed E-state index contributed by atoms with van der Waals surface area (Å²) < 4.78 is 8.55. The number of nitrogens with one attached hydrogen (secondary N) is 1. The Bertz CT molecular complexity index is 1170. The molecule has 1 N–H and O–H groups in total. The molecule has 8 heteroatoms. The number of anilines is 1. The minimum absolute atomic E-state index is 0.259. The molecule has 4 rings (SSSR count). The highest BCUT2D eigenvalue weighted by Crippen LogP contribution is 2.24. The number of carbonyl (C=O) groups is 1. The van der Waals surface area contributed by atoms with Gasteiger partial charge in [0.1, 0.15) is 12.1 Å². The van der Waals surface area contributed by atoms with Crippen LogP contribution >= 0.6 is 15.9 Å². The molecule has 0 aliphatic carbocycles. The maximum absolute atomic E-state index is 12.6. The van der Waals surface area contributed by atoms with Crippen LogP contribution in [0.2, 0.25) is 0 Å². The van der Waals surface area contributed by atoms with Gasteiger partial charge in [-0.2, -0.15) is 0 Å². The maximum atomic E-state index is 12.6. The van der Waals surface area contributed by atoms with Crippen molar-refractivity contribution in [2.24, 2.45) is 0 Å². The van der Waals surface area contributed by atoms with Crippen LogP contribution in [0.4, 0.5) is 5.69 Å². The van der Waals surface area contributed by atoms with Crippen LogP contribution in [0, 0.1) is 0 Å². The number of halogens is 1. The number of hydrogen-bond donors (Lipinski definition) is 1. The van der Waals surface area contributed by atoms with Crippen molar-refractivity contribution >= 4 is 27.5 Å². The standard InChI is InChI=1S/C22H18BrN5O2/c1-2-28-14-25-27-21(28)15-5-3-7-18(11-15)26-22(29)16-9-10-20(24-13-16)30-19-8-4-6-17(23)12-19/h3-14H,2H2,1H3,(H,26,29). The van der Waals surface area contributed by atoms with Crippen molar-refractivity contribution in [3.05, 3.63) is 83.2 Å². The average Bonchev–Trinajstić information content (AvgIpc) is 3.23. The zero-order chi connectivity index (χ0) is 20.9. The normalized spacial score (nSPS) is 10.6. The lowest BCUT2D eigenvalue weighted by molar-refractivity contribution is 0.102. The quantitative estimate of drug-likeness (QED) is 0.426. The Balaban J connectivity index is 1.46. The fourth-order valence-corrected chi connectivity index (χ4v) is 3.25. The Morgan fingerprint density at radius 2 is 2.00 bits per heavy atom. The smallest absolute Gasteiger partial charge is 0.257 e. The molecule has 2 aromatic heterocycles. The predicted octanol–water partition coefficient (Wildman–Crippen LogP) is 5.17. The number of aromatic nitrogens is 4. The minimum atomic E-state index is -0.259. The average molecular weight is 464 g/mol. The van der Waals surface area contributed by atoms with E-state index in [9.17, 15) is 4.79 Å². The predicted molar refractivity (Wildman–Crippen MR) is 118 cm³/mol. The summed E-state index contributed by atoms with van der Waals surface area (Å²) >= 11 is 3.40. The second-order valence-corrected chi connectivity index (χ2v) is 7.34. The summed E-state index contributed by atoms with van der Waals surface area (Å²) in [6.07, 6.45) is 3.17. The van der Waals surface area contributed by atoms with Gasteiger partial charge in [-0.3, -0.25) is 4.79 Å². The lowest BCUT2D eigenvalue weighted by atomic mass is 10.1. The molecular weight excluding hydrogens is 446 g/mol. The van der Waals surface area contributed by atoms with Gasteiger partial charge in [-0.05, 0) is 43.3 Å². The summed E-state index contributed by atoms with van der Waals surface area (Å²) in [6.45, 7) is 2.79. The van der Waals surface area contributed by atoms with Crippen LogP contribution in [-0.4, -0.2) is 25.7 Å². The first-order chi connectivity index (χ1) is 14.6. The summed E-state index contributed by atoms with van der Waals surface area (Å²) in [5.41, 5.74) is 1.97. The highest BCUT2D eigenvalue weighted by Gasteiger charge is 2.10. The number of hydrogen-bond acceptors (Lipinski definition) is 5. The second kappa shape index (κ2) is 8.87. The van der Waals surface area contributed by atoms with Crippen molar-refractivity contribution in [3.8, 4) is 23.0 Å². The molecular formula is C22H18BrN5O2. The maximum Gasteiger partial charge on any atom is 0.257 e. The van der Waals surface area contributed by atoms with Crippen LogP contribution in [0.1, 0.15) is 17.3 Å². The van der Waals surface area contributed by atoms with Crippen LogP contribution in [0.3, 0.4) is 0 Å². The Morgan fingerprint density at radius 1 is 1.13 bits per heavy atom. The number of ether oxygens (including phenoxy) is 1. The van der Waals surface area contributed by atoms with Crippen molar-refractivity contribution in [2.75, 3.05) is 5.32 Å². The van der Waals surface area contributed by atoms with Crippen molar-refractivity contribution in [2.45, 2.75) is 13.5 Å². The fourth-order valence-electron chi connectivity index (χ4n) is 2.88. The van der Waals surface area contributed by atoms with E-state index >= 15 is 0 Å². The molecule has 4 aromatic rings. The van der Waals surface area contributed by atoms with E-state index < -0.39 is 0 Å². The first-order valence-corrected chi connectivity index (χ1v) is 10.1. The highest BCUT2D eigenvalue weighted by molar-refractivity contribution is 9.10. The van der Waals surface area contributed by atoms with Crippen LogP contribution in [-0.2, 0) is 6.54 Å². The number of pyridine rings is 1. The van der Waals surface area contributed by atoms with Gasteiger partial charge in [-0.15, -0.1) is 10.2 Å². The molecule has 0 atom stereocenters. The molecule has 0 unspecified atom stereocenters. The van der Waals surface area contributed by atoms with Gasteiger partial charge in [-0.25, -0.2) is 4.98 Å². The lowest BCUT2D eigenvalue weighted by Gasteiger charge is -2.09. The molecule has 150 valence electrons. The van der Waals surface area contributed by atoms with Gasteiger partial charge in [0.25, 0.3) is 5.91 Å². The van der Waals surface area contributed by atoms with E-state index in [4.69, 9.17) is 4.74 Å². The number of carbonyl (C=O) groups excluding carboxylic acids is 1. The molecule has 0 radical (unpaired) electrons. The molecule has 0 aliphatic rings. The van der Waals surface area contributed by atoms with E-state index in [0.29, 0.717) is 22.9 Å². The fraction of sp³-hybridized carbons (Fsp3) is 0.0909. The summed E-state index contributed by atoms with van der Waals surface area (Å²) in [5, 5.41) is 11.0. The molecule has 2 aromatic carbocycles. The molecule has 7 nitrogen and oxygen atoms in total. The Kier molecular flexibility index (Phi) is 5.85. The van der Waals surface area contributed by atoms with E-state index in [1.54, 1.807) is 18.5 Å².